The van der Waals surface area contributed by atoms with E-state index in [0.29, 0.717) is 0 Å². The van der Waals surface area contributed by atoms with Crippen LogP contribution in [0.25, 0.3) is 0 Å². The average Bonchev–Trinajstić information content (AvgIpc) is 2.27. The molecule has 9 heteroatoms. The van der Waals surface area contributed by atoms with E-state index in [1.165, 1.54) is 12.1 Å². The highest BCUT2D eigenvalue weighted by Crippen LogP contribution is 2.23. The van der Waals surface area contributed by atoms with Gasteiger partial charge in [0.25, 0.3) is 0 Å². The highest BCUT2D eigenvalue weighted by atomic mass is 35.5. The van der Waals surface area contributed by atoms with Crippen LogP contribution in [0, 0.1) is 0 Å². The van der Waals surface area contributed by atoms with Gasteiger partial charge in [-0.25, -0.2) is 4.79 Å². The van der Waals surface area contributed by atoms with E-state index in [1.54, 1.807) is 6.07 Å². The normalized spacial score (nSPS) is 10.9. The summed E-state index contributed by atoms with van der Waals surface area (Å²) in [5, 5.41) is 24.9. The van der Waals surface area contributed by atoms with E-state index >= 15 is 0 Å². The van der Waals surface area contributed by atoms with Crippen molar-refractivity contribution in [3.63, 3.8) is 0 Å². The van der Waals surface area contributed by atoms with Crippen LogP contribution in [-0.2, 0) is 9.59 Å². The third-order valence-corrected chi connectivity index (χ3v) is 2.52. The van der Waals surface area contributed by atoms with Crippen molar-refractivity contribution in [3.05, 3.63) is 33.8 Å². The minimum Gasteiger partial charge on any atom is -0.481 e. The predicted octanol–water partition coefficient (Wildman–Crippen LogP) is 1.56. The SMILES string of the molecule is N[C@@H](CC(=O)O)C(=O)O.O=C(O)c1c(Cl)cccc1Cl. The van der Waals surface area contributed by atoms with Crippen molar-refractivity contribution < 1.29 is 29.7 Å². The zero-order valence-electron chi connectivity index (χ0n) is 9.92. The van der Waals surface area contributed by atoms with Crippen LogP contribution in [0.4, 0.5) is 0 Å². The molecular formula is C11H11Cl2NO6. The number of rotatable bonds is 4. The van der Waals surface area contributed by atoms with Crippen LogP contribution in [0.1, 0.15) is 16.8 Å². The van der Waals surface area contributed by atoms with Gasteiger partial charge in [-0.2, -0.15) is 0 Å². The van der Waals surface area contributed by atoms with Crippen LogP contribution in [0.3, 0.4) is 0 Å². The fraction of sp³-hybridized carbons (Fsp3) is 0.182. The predicted molar refractivity (Wildman–Crippen MR) is 71.3 cm³/mol. The van der Waals surface area contributed by atoms with Crippen molar-refractivity contribution in [2.75, 3.05) is 0 Å². The molecule has 0 amide bonds. The van der Waals surface area contributed by atoms with Gasteiger partial charge in [-0.15, -0.1) is 0 Å². The molecule has 0 heterocycles. The van der Waals surface area contributed by atoms with E-state index in [2.05, 4.69) is 0 Å². The third-order valence-electron chi connectivity index (χ3n) is 1.89. The number of carbonyl (C=O) groups is 3. The summed E-state index contributed by atoms with van der Waals surface area (Å²) in [4.78, 5) is 30.1. The van der Waals surface area contributed by atoms with E-state index in [4.69, 9.17) is 44.3 Å². The summed E-state index contributed by atoms with van der Waals surface area (Å²) in [7, 11) is 0. The van der Waals surface area contributed by atoms with Gasteiger partial charge in [-0.1, -0.05) is 29.3 Å². The first-order valence-corrected chi connectivity index (χ1v) is 5.79. The maximum absolute atomic E-state index is 10.5. The monoisotopic (exact) mass is 323 g/mol. The summed E-state index contributed by atoms with van der Waals surface area (Å²) in [5.74, 6) is -3.61. The highest BCUT2D eigenvalue weighted by molar-refractivity contribution is 6.39. The van der Waals surface area contributed by atoms with Gasteiger partial charge in [0.2, 0.25) is 0 Å². The molecule has 0 radical (unpaired) electrons. The van der Waals surface area contributed by atoms with Gasteiger partial charge < -0.3 is 21.1 Å². The minimum absolute atomic E-state index is 0.0455. The van der Waals surface area contributed by atoms with Crippen LogP contribution >= 0.6 is 23.2 Å². The fourth-order valence-electron chi connectivity index (χ4n) is 0.978. The molecule has 0 aliphatic rings. The largest absolute Gasteiger partial charge is 0.481 e. The fourth-order valence-corrected chi connectivity index (χ4v) is 1.54. The van der Waals surface area contributed by atoms with E-state index in [9.17, 15) is 14.4 Å². The lowest BCUT2D eigenvalue weighted by molar-refractivity contribution is -0.144. The standard InChI is InChI=1S/C7H4Cl2O2.C4H7NO4/c8-4-2-1-3-5(9)6(4)7(10)11;5-2(4(8)9)1-3(6)7/h1-3H,(H,10,11);2H,1,5H2,(H,6,7)(H,8,9)/t;2-/m.0/s1. The van der Waals surface area contributed by atoms with Crippen molar-refractivity contribution >= 4 is 41.1 Å². The van der Waals surface area contributed by atoms with Gasteiger partial charge in [0.05, 0.1) is 22.0 Å². The van der Waals surface area contributed by atoms with Gasteiger partial charge in [0.15, 0.2) is 0 Å². The van der Waals surface area contributed by atoms with E-state index in [-0.39, 0.29) is 15.6 Å². The Hall–Kier alpha value is -1.83. The first kappa shape index (κ1) is 18.2. The molecule has 0 aromatic heterocycles. The lowest BCUT2D eigenvalue weighted by atomic mass is 10.2. The average molecular weight is 324 g/mol. The summed E-state index contributed by atoms with van der Waals surface area (Å²) < 4.78 is 0. The minimum atomic E-state index is -1.29. The van der Waals surface area contributed by atoms with Crippen LogP contribution in [0.15, 0.2) is 18.2 Å². The molecule has 1 atom stereocenters. The Bertz CT molecular complexity index is 499. The van der Waals surface area contributed by atoms with Gasteiger partial charge in [-0.05, 0) is 12.1 Å². The number of aromatic carboxylic acids is 1. The summed E-state index contributed by atoms with van der Waals surface area (Å²) >= 11 is 11.1. The Morgan fingerprint density at radius 1 is 1.10 bits per heavy atom. The Labute approximate surface area is 123 Å². The second-order valence-electron chi connectivity index (χ2n) is 3.44. The molecule has 0 unspecified atom stereocenters. The zero-order valence-corrected chi connectivity index (χ0v) is 11.4. The number of benzene rings is 1. The molecule has 0 aliphatic heterocycles. The number of carboxylic acid groups (broad SMARTS) is 3. The summed E-state index contributed by atoms with van der Waals surface area (Å²) in [6, 6.07) is 3.27. The number of nitrogens with two attached hydrogens (primary N) is 1. The number of halogens is 2. The summed E-state index contributed by atoms with van der Waals surface area (Å²) in [6.45, 7) is 0. The lowest BCUT2D eigenvalue weighted by Gasteiger charge is -1.99. The number of carboxylic acids is 3. The van der Waals surface area contributed by atoms with Crippen molar-refractivity contribution in [2.45, 2.75) is 12.5 Å². The van der Waals surface area contributed by atoms with Crippen LogP contribution in [-0.4, -0.2) is 39.3 Å². The molecule has 0 spiro atoms. The molecule has 1 aromatic carbocycles. The molecule has 7 nitrogen and oxygen atoms in total. The van der Waals surface area contributed by atoms with Crippen molar-refractivity contribution in [1.29, 1.82) is 0 Å². The van der Waals surface area contributed by atoms with Crippen LogP contribution < -0.4 is 5.73 Å². The molecule has 1 aromatic rings. The van der Waals surface area contributed by atoms with Crippen LogP contribution in [0.5, 0.6) is 0 Å². The van der Waals surface area contributed by atoms with Crippen molar-refractivity contribution in [1.82, 2.24) is 0 Å². The topological polar surface area (TPSA) is 138 Å². The lowest BCUT2D eigenvalue weighted by Crippen LogP contribution is -2.32. The van der Waals surface area contributed by atoms with Gasteiger partial charge in [0, 0.05) is 0 Å². The molecule has 0 saturated carbocycles. The number of hydrogen-bond donors (Lipinski definition) is 4. The number of aliphatic carboxylic acids is 2. The molecule has 1 rings (SSSR count). The molecule has 0 saturated heterocycles. The van der Waals surface area contributed by atoms with Crippen LogP contribution in [0.2, 0.25) is 10.0 Å². The Morgan fingerprint density at radius 2 is 1.55 bits per heavy atom. The molecule has 0 fully saturated rings. The van der Waals surface area contributed by atoms with Gasteiger partial charge >= 0.3 is 17.9 Å². The molecule has 110 valence electrons. The maximum atomic E-state index is 10.5. The van der Waals surface area contributed by atoms with Gasteiger partial charge in [0.1, 0.15) is 6.04 Å². The number of hydrogen-bond acceptors (Lipinski definition) is 4. The van der Waals surface area contributed by atoms with Gasteiger partial charge in [-0.3, -0.25) is 9.59 Å². The molecule has 5 N–H and O–H groups in total. The molecule has 0 aliphatic carbocycles. The van der Waals surface area contributed by atoms with E-state index in [0.717, 1.165) is 0 Å². The molecule has 20 heavy (non-hydrogen) atoms. The van der Waals surface area contributed by atoms with E-state index < -0.39 is 30.4 Å². The molecule has 0 bridgehead atoms. The first-order valence-electron chi connectivity index (χ1n) is 5.04. The first-order chi connectivity index (χ1) is 9.16. The highest BCUT2D eigenvalue weighted by Gasteiger charge is 2.14. The zero-order chi connectivity index (χ0) is 15.9. The Kier molecular flexibility index (Phi) is 7.60. The maximum Gasteiger partial charge on any atom is 0.338 e. The Morgan fingerprint density at radius 3 is 1.75 bits per heavy atom. The quantitative estimate of drug-likeness (QED) is 0.659. The summed E-state index contributed by atoms with van der Waals surface area (Å²) in [6.07, 6.45) is -0.532. The Balaban J connectivity index is 0.000000370. The van der Waals surface area contributed by atoms with E-state index in [1.807, 2.05) is 0 Å². The second kappa shape index (κ2) is 8.36. The smallest absolute Gasteiger partial charge is 0.338 e. The second-order valence-corrected chi connectivity index (χ2v) is 4.26. The summed E-state index contributed by atoms with van der Waals surface area (Å²) in [5.41, 5.74) is 4.79. The van der Waals surface area contributed by atoms with Crippen molar-refractivity contribution in [3.8, 4) is 0 Å². The third kappa shape index (κ3) is 6.37. The van der Waals surface area contributed by atoms with Crippen molar-refractivity contribution in [2.24, 2.45) is 5.73 Å². The molecular weight excluding hydrogens is 313 g/mol.